The third-order valence-electron chi connectivity index (χ3n) is 2.05. The van der Waals surface area contributed by atoms with Crippen molar-refractivity contribution in [2.75, 3.05) is 0 Å². The van der Waals surface area contributed by atoms with E-state index < -0.39 is 15.6 Å². The van der Waals surface area contributed by atoms with Gasteiger partial charge in [0, 0.05) is 12.8 Å². The Morgan fingerprint density at radius 2 is 2.19 bits per heavy atom. The molecular formula is C8H8F3NO3S. The van der Waals surface area contributed by atoms with E-state index in [-0.39, 0.29) is 24.5 Å². The van der Waals surface area contributed by atoms with E-state index in [4.69, 9.17) is 5.26 Å². The summed E-state index contributed by atoms with van der Waals surface area (Å²) in [6.45, 7) is 0. The highest BCUT2D eigenvalue weighted by molar-refractivity contribution is 7.87. The van der Waals surface area contributed by atoms with E-state index >= 15 is 0 Å². The zero-order valence-corrected chi connectivity index (χ0v) is 8.81. The minimum absolute atomic E-state index is 0.0445. The van der Waals surface area contributed by atoms with Crippen molar-refractivity contribution in [2.45, 2.75) is 24.8 Å². The lowest BCUT2D eigenvalue weighted by Crippen LogP contribution is -2.25. The quantitative estimate of drug-likeness (QED) is 0.571. The van der Waals surface area contributed by atoms with Gasteiger partial charge in [0.1, 0.15) is 5.76 Å². The first-order chi connectivity index (χ1) is 7.26. The molecule has 0 aromatic rings. The number of halogens is 3. The van der Waals surface area contributed by atoms with Crippen LogP contribution >= 0.6 is 0 Å². The molecule has 0 amide bonds. The van der Waals surface area contributed by atoms with E-state index in [1.807, 2.05) is 6.07 Å². The normalized spacial score (nSPS) is 21.4. The van der Waals surface area contributed by atoms with Crippen LogP contribution in [0.15, 0.2) is 11.8 Å². The Hall–Kier alpha value is -1.23. The van der Waals surface area contributed by atoms with Gasteiger partial charge in [0.2, 0.25) is 0 Å². The van der Waals surface area contributed by atoms with Crippen LogP contribution in [-0.4, -0.2) is 13.9 Å². The molecule has 0 N–H and O–H groups in total. The van der Waals surface area contributed by atoms with Gasteiger partial charge in [0.25, 0.3) is 0 Å². The SMILES string of the molecule is N#CC[C@@H]1CC=C(OS(=O)(=O)C(F)(F)F)C1. The lowest BCUT2D eigenvalue weighted by Gasteiger charge is -2.10. The van der Waals surface area contributed by atoms with E-state index in [1.54, 1.807) is 0 Å². The topological polar surface area (TPSA) is 67.2 Å². The van der Waals surface area contributed by atoms with Crippen molar-refractivity contribution in [2.24, 2.45) is 5.92 Å². The highest BCUT2D eigenvalue weighted by Crippen LogP contribution is 2.33. The molecule has 1 aliphatic carbocycles. The molecule has 8 heteroatoms. The summed E-state index contributed by atoms with van der Waals surface area (Å²) in [7, 11) is -5.57. The van der Waals surface area contributed by atoms with Crippen LogP contribution < -0.4 is 0 Å². The van der Waals surface area contributed by atoms with Gasteiger partial charge < -0.3 is 4.18 Å². The zero-order valence-electron chi connectivity index (χ0n) is 7.99. The molecule has 0 fully saturated rings. The summed E-state index contributed by atoms with van der Waals surface area (Å²) < 4.78 is 61.0. The molecule has 0 bridgehead atoms. The fourth-order valence-corrected chi connectivity index (χ4v) is 1.80. The molecule has 4 nitrogen and oxygen atoms in total. The molecule has 0 aliphatic heterocycles. The average Bonchev–Trinajstić information content (AvgIpc) is 2.50. The molecule has 1 aliphatic rings. The molecule has 0 radical (unpaired) electrons. The Morgan fingerprint density at radius 1 is 1.56 bits per heavy atom. The maximum atomic E-state index is 11.9. The van der Waals surface area contributed by atoms with Crippen molar-refractivity contribution in [3.63, 3.8) is 0 Å². The van der Waals surface area contributed by atoms with Gasteiger partial charge in [-0.15, -0.1) is 0 Å². The predicted octanol–water partition coefficient (Wildman–Crippen LogP) is 2.06. The fraction of sp³-hybridized carbons (Fsp3) is 0.625. The van der Waals surface area contributed by atoms with Crippen LogP contribution in [0.2, 0.25) is 0 Å². The maximum absolute atomic E-state index is 11.9. The molecule has 0 saturated heterocycles. The van der Waals surface area contributed by atoms with E-state index in [2.05, 4.69) is 4.18 Å². The molecule has 0 heterocycles. The summed E-state index contributed by atoms with van der Waals surface area (Å²) in [4.78, 5) is 0. The Bertz CT molecular complexity index is 432. The van der Waals surface area contributed by atoms with Gasteiger partial charge in [-0.1, -0.05) is 0 Å². The summed E-state index contributed by atoms with van der Waals surface area (Å²) in [5.74, 6) is -0.402. The standard InChI is InChI=1S/C8H8F3NO3S/c9-8(10,11)16(13,14)15-7-2-1-6(5-7)3-4-12/h2,6H,1,3,5H2/t6-/m0/s1. The summed E-state index contributed by atoms with van der Waals surface area (Å²) in [5.41, 5.74) is -5.42. The summed E-state index contributed by atoms with van der Waals surface area (Å²) >= 11 is 0. The van der Waals surface area contributed by atoms with Crippen molar-refractivity contribution in [3.05, 3.63) is 11.8 Å². The van der Waals surface area contributed by atoms with Gasteiger partial charge >= 0.3 is 15.6 Å². The first-order valence-electron chi connectivity index (χ1n) is 4.33. The number of rotatable bonds is 3. The molecule has 0 saturated carbocycles. The van der Waals surface area contributed by atoms with Crippen LogP contribution in [0.3, 0.4) is 0 Å². The Kier molecular flexibility index (Phi) is 3.48. The van der Waals surface area contributed by atoms with E-state index in [1.165, 1.54) is 6.08 Å². The van der Waals surface area contributed by atoms with E-state index in [9.17, 15) is 21.6 Å². The first-order valence-corrected chi connectivity index (χ1v) is 5.74. The maximum Gasteiger partial charge on any atom is 0.534 e. The molecule has 0 spiro atoms. The predicted molar refractivity (Wildman–Crippen MR) is 47.1 cm³/mol. The number of hydrogen-bond acceptors (Lipinski definition) is 4. The van der Waals surface area contributed by atoms with Crippen LogP contribution in [0.5, 0.6) is 0 Å². The van der Waals surface area contributed by atoms with Gasteiger partial charge in [-0.05, 0) is 18.4 Å². The average molecular weight is 255 g/mol. The van der Waals surface area contributed by atoms with Crippen LogP contribution in [0.1, 0.15) is 19.3 Å². The number of hydrogen-bond donors (Lipinski definition) is 0. The zero-order chi connectivity index (χ0) is 12.4. The molecule has 90 valence electrons. The molecule has 1 rings (SSSR count). The highest BCUT2D eigenvalue weighted by atomic mass is 32.2. The molecular weight excluding hydrogens is 247 g/mol. The molecule has 0 aromatic heterocycles. The smallest absolute Gasteiger partial charge is 0.381 e. The van der Waals surface area contributed by atoms with Gasteiger partial charge in [-0.25, -0.2) is 0 Å². The number of alkyl halides is 3. The van der Waals surface area contributed by atoms with Crippen molar-refractivity contribution in [1.29, 1.82) is 5.26 Å². The third kappa shape index (κ3) is 2.88. The summed E-state index contributed by atoms with van der Waals surface area (Å²) in [6, 6.07) is 1.86. The third-order valence-corrected chi connectivity index (χ3v) is 3.05. The minimum Gasteiger partial charge on any atom is -0.381 e. The fourth-order valence-electron chi connectivity index (χ4n) is 1.29. The van der Waals surface area contributed by atoms with Gasteiger partial charge in [0.15, 0.2) is 0 Å². The van der Waals surface area contributed by atoms with E-state index in [0.29, 0.717) is 6.42 Å². The largest absolute Gasteiger partial charge is 0.534 e. The Morgan fingerprint density at radius 3 is 2.69 bits per heavy atom. The molecule has 16 heavy (non-hydrogen) atoms. The Labute approximate surface area is 90.4 Å². The number of nitrogens with zero attached hydrogens (tertiary/aromatic N) is 1. The second-order valence-electron chi connectivity index (χ2n) is 3.32. The van der Waals surface area contributed by atoms with Crippen molar-refractivity contribution in [1.82, 2.24) is 0 Å². The Balaban J connectivity index is 2.63. The van der Waals surface area contributed by atoms with Gasteiger partial charge in [-0.2, -0.15) is 26.9 Å². The van der Waals surface area contributed by atoms with Crippen LogP contribution in [0.25, 0.3) is 0 Å². The first kappa shape index (κ1) is 12.8. The van der Waals surface area contributed by atoms with Crippen LogP contribution in [0.4, 0.5) is 13.2 Å². The minimum atomic E-state index is -5.57. The van der Waals surface area contributed by atoms with Gasteiger partial charge in [0.05, 0.1) is 6.07 Å². The monoisotopic (exact) mass is 255 g/mol. The van der Waals surface area contributed by atoms with Gasteiger partial charge in [-0.3, -0.25) is 0 Å². The lowest BCUT2D eigenvalue weighted by molar-refractivity contribution is -0.0523. The van der Waals surface area contributed by atoms with E-state index in [0.717, 1.165) is 0 Å². The second kappa shape index (κ2) is 4.33. The number of nitriles is 1. The second-order valence-corrected chi connectivity index (χ2v) is 4.86. The highest BCUT2D eigenvalue weighted by Gasteiger charge is 2.49. The molecule has 1 atom stereocenters. The summed E-state index contributed by atoms with van der Waals surface area (Å²) in [6.07, 6.45) is 1.83. The molecule has 0 unspecified atom stereocenters. The molecule has 0 aromatic carbocycles. The van der Waals surface area contributed by atoms with Crippen LogP contribution in [-0.2, 0) is 14.3 Å². The summed E-state index contributed by atoms with van der Waals surface area (Å²) in [5, 5.41) is 8.36. The van der Waals surface area contributed by atoms with Crippen LogP contribution in [0, 0.1) is 17.2 Å². The van der Waals surface area contributed by atoms with Crippen molar-refractivity contribution < 1.29 is 25.8 Å². The van der Waals surface area contributed by atoms with Crippen molar-refractivity contribution >= 4 is 10.1 Å². The van der Waals surface area contributed by atoms with Crippen molar-refractivity contribution in [3.8, 4) is 6.07 Å². The number of allylic oxidation sites excluding steroid dienone is 2. The lowest BCUT2D eigenvalue weighted by atomic mass is 10.0.